The van der Waals surface area contributed by atoms with E-state index in [2.05, 4.69) is 19.2 Å². The van der Waals surface area contributed by atoms with E-state index in [1.165, 1.54) is 25.7 Å². The van der Waals surface area contributed by atoms with Crippen molar-refractivity contribution >= 4 is 5.69 Å². The SMILES string of the molecule is CCCCCC(C)NCCc1ccc([N+](=O)[O-])cc1. The van der Waals surface area contributed by atoms with Gasteiger partial charge in [0.05, 0.1) is 4.92 Å². The Morgan fingerprint density at radius 2 is 1.95 bits per heavy atom. The van der Waals surface area contributed by atoms with Crippen LogP contribution in [0.5, 0.6) is 0 Å². The van der Waals surface area contributed by atoms with Gasteiger partial charge in [0.1, 0.15) is 0 Å². The van der Waals surface area contributed by atoms with Crippen molar-refractivity contribution < 1.29 is 4.92 Å². The van der Waals surface area contributed by atoms with Crippen molar-refractivity contribution in [3.63, 3.8) is 0 Å². The Balaban J connectivity index is 2.23. The van der Waals surface area contributed by atoms with Gasteiger partial charge >= 0.3 is 0 Å². The molecule has 0 amide bonds. The van der Waals surface area contributed by atoms with E-state index in [9.17, 15) is 10.1 Å². The van der Waals surface area contributed by atoms with Gasteiger partial charge in [-0.15, -0.1) is 0 Å². The highest BCUT2D eigenvalue weighted by atomic mass is 16.6. The molecule has 0 fully saturated rings. The molecule has 0 spiro atoms. The van der Waals surface area contributed by atoms with Gasteiger partial charge in [0.25, 0.3) is 5.69 Å². The molecular formula is C15H24N2O2. The average Bonchev–Trinajstić information content (AvgIpc) is 2.39. The molecule has 0 aliphatic heterocycles. The van der Waals surface area contributed by atoms with Crippen molar-refractivity contribution in [1.82, 2.24) is 5.32 Å². The molecule has 4 nitrogen and oxygen atoms in total. The summed E-state index contributed by atoms with van der Waals surface area (Å²) in [5.74, 6) is 0. The van der Waals surface area contributed by atoms with E-state index in [1.54, 1.807) is 12.1 Å². The molecule has 0 radical (unpaired) electrons. The number of hydrogen-bond donors (Lipinski definition) is 1. The highest BCUT2D eigenvalue weighted by Crippen LogP contribution is 2.12. The lowest BCUT2D eigenvalue weighted by Gasteiger charge is -2.13. The lowest BCUT2D eigenvalue weighted by Crippen LogP contribution is -2.27. The highest BCUT2D eigenvalue weighted by molar-refractivity contribution is 5.32. The normalized spacial score (nSPS) is 12.3. The molecule has 0 aliphatic carbocycles. The number of nitrogens with zero attached hydrogens (tertiary/aromatic N) is 1. The van der Waals surface area contributed by atoms with E-state index in [4.69, 9.17) is 0 Å². The van der Waals surface area contributed by atoms with Crippen LogP contribution < -0.4 is 5.32 Å². The monoisotopic (exact) mass is 264 g/mol. The first-order valence-corrected chi connectivity index (χ1v) is 7.10. The summed E-state index contributed by atoms with van der Waals surface area (Å²) in [5, 5.41) is 14.0. The largest absolute Gasteiger partial charge is 0.314 e. The van der Waals surface area contributed by atoms with Crippen LogP contribution in [0.15, 0.2) is 24.3 Å². The second-order valence-electron chi connectivity index (χ2n) is 5.02. The maximum absolute atomic E-state index is 10.5. The summed E-state index contributed by atoms with van der Waals surface area (Å²) < 4.78 is 0. The minimum Gasteiger partial charge on any atom is -0.314 e. The van der Waals surface area contributed by atoms with E-state index in [-0.39, 0.29) is 10.6 Å². The Kier molecular flexibility index (Phi) is 7.11. The molecule has 1 atom stereocenters. The van der Waals surface area contributed by atoms with E-state index in [0.29, 0.717) is 6.04 Å². The van der Waals surface area contributed by atoms with Gasteiger partial charge in [-0.2, -0.15) is 0 Å². The molecule has 1 unspecified atom stereocenters. The van der Waals surface area contributed by atoms with E-state index < -0.39 is 0 Å². The van der Waals surface area contributed by atoms with Crippen LogP contribution in [0.1, 0.15) is 45.1 Å². The fourth-order valence-electron chi connectivity index (χ4n) is 2.05. The summed E-state index contributed by atoms with van der Waals surface area (Å²) >= 11 is 0. The fraction of sp³-hybridized carbons (Fsp3) is 0.600. The lowest BCUT2D eigenvalue weighted by atomic mass is 10.1. The minimum absolute atomic E-state index is 0.157. The molecular weight excluding hydrogens is 240 g/mol. The van der Waals surface area contributed by atoms with E-state index in [0.717, 1.165) is 18.5 Å². The minimum atomic E-state index is -0.363. The van der Waals surface area contributed by atoms with Gasteiger partial charge in [-0.25, -0.2) is 0 Å². The number of hydrogen-bond acceptors (Lipinski definition) is 3. The van der Waals surface area contributed by atoms with Crippen LogP contribution in [0.3, 0.4) is 0 Å². The molecule has 106 valence electrons. The summed E-state index contributed by atoms with van der Waals surface area (Å²) in [6, 6.07) is 7.35. The molecule has 0 aromatic heterocycles. The zero-order chi connectivity index (χ0) is 14.1. The van der Waals surface area contributed by atoms with Crippen LogP contribution in [0.4, 0.5) is 5.69 Å². The smallest absolute Gasteiger partial charge is 0.269 e. The second kappa shape index (κ2) is 8.64. The van der Waals surface area contributed by atoms with Gasteiger partial charge in [-0.1, -0.05) is 38.3 Å². The predicted molar refractivity (Wildman–Crippen MR) is 78.4 cm³/mol. The zero-order valence-corrected chi connectivity index (χ0v) is 11.9. The van der Waals surface area contributed by atoms with E-state index in [1.807, 2.05) is 12.1 Å². The summed E-state index contributed by atoms with van der Waals surface area (Å²) in [6.07, 6.45) is 5.97. The van der Waals surface area contributed by atoms with Crippen LogP contribution in [-0.4, -0.2) is 17.5 Å². The van der Waals surface area contributed by atoms with Crippen LogP contribution >= 0.6 is 0 Å². The summed E-state index contributed by atoms with van der Waals surface area (Å²) in [6.45, 7) is 5.35. The van der Waals surface area contributed by atoms with Crippen molar-refractivity contribution in [2.45, 2.75) is 52.0 Å². The van der Waals surface area contributed by atoms with Gasteiger partial charge < -0.3 is 5.32 Å². The maximum atomic E-state index is 10.5. The number of unbranched alkanes of at least 4 members (excludes halogenated alkanes) is 2. The highest BCUT2D eigenvalue weighted by Gasteiger charge is 2.04. The topological polar surface area (TPSA) is 55.2 Å². The molecule has 4 heteroatoms. The van der Waals surface area contributed by atoms with Gasteiger partial charge in [0.2, 0.25) is 0 Å². The molecule has 19 heavy (non-hydrogen) atoms. The first-order chi connectivity index (χ1) is 9.13. The molecule has 1 aromatic rings. The molecule has 0 bridgehead atoms. The molecule has 0 heterocycles. The van der Waals surface area contributed by atoms with Crippen LogP contribution in [-0.2, 0) is 6.42 Å². The van der Waals surface area contributed by atoms with E-state index >= 15 is 0 Å². The number of benzene rings is 1. The van der Waals surface area contributed by atoms with Crippen molar-refractivity contribution in [2.24, 2.45) is 0 Å². The third-order valence-corrected chi connectivity index (χ3v) is 3.29. The number of rotatable bonds is 9. The van der Waals surface area contributed by atoms with Crippen LogP contribution in [0.2, 0.25) is 0 Å². The Hall–Kier alpha value is -1.42. The number of non-ortho nitro benzene ring substituents is 1. The van der Waals surface area contributed by atoms with Crippen molar-refractivity contribution in [1.29, 1.82) is 0 Å². The quantitative estimate of drug-likeness (QED) is 0.420. The van der Waals surface area contributed by atoms with Crippen LogP contribution in [0.25, 0.3) is 0 Å². The zero-order valence-electron chi connectivity index (χ0n) is 11.9. The number of nitrogens with one attached hydrogen (secondary N) is 1. The first-order valence-electron chi connectivity index (χ1n) is 7.10. The molecule has 0 saturated heterocycles. The number of nitro groups is 1. The Labute approximate surface area is 115 Å². The third kappa shape index (κ3) is 6.34. The second-order valence-corrected chi connectivity index (χ2v) is 5.02. The lowest BCUT2D eigenvalue weighted by molar-refractivity contribution is -0.384. The summed E-state index contributed by atoms with van der Waals surface area (Å²) in [4.78, 5) is 10.2. The fourth-order valence-corrected chi connectivity index (χ4v) is 2.05. The summed E-state index contributed by atoms with van der Waals surface area (Å²) in [7, 11) is 0. The Morgan fingerprint density at radius 1 is 1.26 bits per heavy atom. The molecule has 1 aromatic carbocycles. The average molecular weight is 264 g/mol. The maximum Gasteiger partial charge on any atom is 0.269 e. The van der Waals surface area contributed by atoms with Crippen molar-refractivity contribution in [3.05, 3.63) is 39.9 Å². The number of nitro benzene ring substituents is 1. The third-order valence-electron chi connectivity index (χ3n) is 3.29. The van der Waals surface area contributed by atoms with Crippen molar-refractivity contribution in [2.75, 3.05) is 6.54 Å². The molecule has 0 aliphatic rings. The molecule has 1 N–H and O–H groups in total. The standard InChI is InChI=1S/C15H24N2O2/c1-3-4-5-6-13(2)16-12-11-14-7-9-15(10-8-14)17(18)19/h7-10,13,16H,3-6,11-12H2,1-2H3. The predicted octanol–water partition coefficient (Wildman–Crippen LogP) is 3.70. The molecule has 0 saturated carbocycles. The molecule has 1 rings (SSSR count). The van der Waals surface area contributed by atoms with Crippen molar-refractivity contribution in [3.8, 4) is 0 Å². The Bertz CT molecular complexity index is 376. The van der Waals surface area contributed by atoms with Gasteiger partial charge in [0, 0.05) is 18.2 Å². The first kappa shape index (κ1) is 15.6. The van der Waals surface area contributed by atoms with Gasteiger partial charge in [0.15, 0.2) is 0 Å². The van der Waals surface area contributed by atoms with Gasteiger partial charge in [-0.05, 0) is 31.9 Å². The summed E-state index contributed by atoms with van der Waals surface area (Å²) in [5.41, 5.74) is 1.29. The van der Waals surface area contributed by atoms with Crippen LogP contribution in [0, 0.1) is 10.1 Å². The Morgan fingerprint density at radius 3 is 2.53 bits per heavy atom. The van der Waals surface area contributed by atoms with Gasteiger partial charge in [-0.3, -0.25) is 10.1 Å².